The van der Waals surface area contributed by atoms with Gasteiger partial charge in [-0.2, -0.15) is 0 Å². The molecular weight excluding hydrogens is 488 g/mol. The van der Waals surface area contributed by atoms with Gasteiger partial charge in [0.2, 0.25) is 0 Å². The van der Waals surface area contributed by atoms with Crippen LogP contribution in [0.2, 0.25) is 0 Å². The highest BCUT2D eigenvalue weighted by molar-refractivity contribution is 5.76. The Morgan fingerprint density at radius 2 is 1.68 bits per heavy atom. The summed E-state index contributed by atoms with van der Waals surface area (Å²) in [5, 5.41) is 10.3. The van der Waals surface area contributed by atoms with E-state index in [2.05, 4.69) is 71.5 Å². The normalized spacial score (nSPS) is 41.1. The lowest BCUT2D eigenvalue weighted by Crippen LogP contribution is -2.61. The maximum atomic E-state index is 12.5. The summed E-state index contributed by atoms with van der Waals surface area (Å²) in [6.45, 7) is 18.0. The molecule has 0 aliphatic heterocycles. The van der Waals surface area contributed by atoms with Crippen molar-refractivity contribution in [3.05, 3.63) is 54.1 Å². The molecule has 0 heterocycles. The number of carbonyl (C=O) groups is 1. The van der Waals surface area contributed by atoms with Gasteiger partial charge in [0.05, 0.1) is 5.41 Å². The van der Waals surface area contributed by atoms with Crippen molar-refractivity contribution in [2.45, 2.75) is 119 Å². The maximum Gasteiger partial charge on any atom is 0.309 e. The molecule has 1 aromatic rings. The second-order valence-electron chi connectivity index (χ2n) is 15.4. The summed E-state index contributed by atoms with van der Waals surface area (Å²) in [6, 6.07) is 9.19. The molecule has 0 bridgehead atoms. The molecule has 40 heavy (non-hydrogen) atoms. The molecule has 0 saturated heterocycles. The minimum atomic E-state index is -0.480. The van der Waals surface area contributed by atoms with E-state index in [4.69, 9.17) is 0 Å². The van der Waals surface area contributed by atoms with Crippen LogP contribution in [0.3, 0.4) is 0 Å². The number of allylic oxidation sites excluding steroid dienone is 3. The minimum absolute atomic E-state index is 0.172. The van der Waals surface area contributed by atoms with Crippen molar-refractivity contribution in [2.24, 2.45) is 51.2 Å². The van der Waals surface area contributed by atoms with Crippen LogP contribution in [-0.4, -0.2) is 11.1 Å². The fourth-order valence-electron chi connectivity index (χ4n) is 11.9. The average Bonchev–Trinajstić information content (AvgIpc) is 3.36. The molecule has 4 fully saturated rings. The van der Waals surface area contributed by atoms with E-state index in [1.807, 2.05) is 6.92 Å². The van der Waals surface area contributed by atoms with Crippen LogP contribution in [-0.2, 0) is 11.2 Å². The molecule has 0 spiro atoms. The van der Waals surface area contributed by atoms with Crippen LogP contribution in [0.5, 0.6) is 0 Å². The van der Waals surface area contributed by atoms with Gasteiger partial charge in [-0.25, -0.2) is 0 Å². The average molecular weight is 545 g/mol. The number of hydrogen-bond donors (Lipinski definition) is 1. The van der Waals surface area contributed by atoms with Crippen molar-refractivity contribution < 1.29 is 9.90 Å². The highest BCUT2D eigenvalue weighted by Gasteiger charge is 2.66. The zero-order valence-electron chi connectivity index (χ0n) is 26.4. The molecular formula is C38H56O2. The lowest BCUT2D eigenvalue weighted by molar-refractivity contribution is -0.187. The molecule has 8 unspecified atom stereocenters. The van der Waals surface area contributed by atoms with E-state index in [9.17, 15) is 9.90 Å². The van der Waals surface area contributed by atoms with Crippen molar-refractivity contribution in [1.82, 2.24) is 0 Å². The molecule has 5 aliphatic rings. The van der Waals surface area contributed by atoms with Crippen molar-refractivity contribution in [2.75, 3.05) is 0 Å². The summed E-state index contributed by atoms with van der Waals surface area (Å²) in [5.74, 6) is 2.76. The molecule has 0 aromatic heterocycles. The fraction of sp³-hybridized carbons (Fsp3) is 0.711. The third kappa shape index (κ3) is 4.29. The monoisotopic (exact) mass is 544 g/mol. The van der Waals surface area contributed by atoms with E-state index in [0.717, 1.165) is 50.4 Å². The highest BCUT2D eigenvalue weighted by atomic mass is 16.4. The second-order valence-corrected chi connectivity index (χ2v) is 15.4. The van der Waals surface area contributed by atoms with Crippen molar-refractivity contribution in [3.8, 4) is 0 Å². The zero-order valence-corrected chi connectivity index (χ0v) is 26.4. The Hall–Kier alpha value is -1.83. The molecule has 0 amide bonds. The number of fused-ring (bicyclic) bond motifs is 7. The van der Waals surface area contributed by atoms with Gasteiger partial charge in [-0.1, -0.05) is 83.9 Å². The first-order valence-corrected chi connectivity index (χ1v) is 16.6. The highest BCUT2D eigenvalue weighted by Crippen LogP contribution is 2.73. The topological polar surface area (TPSA) is 37.3 Å². The van der Waals surface area contributed by atoms with E-state index in [0.29, 0.717) is 28.6 Å². The lowest BCUT2D eigenvalue weighted by Gasteiger charge is -2.68. The number of carboxylic acid groups (broad SMARTS) is 1. The smallest absolute Gasteiger partial charge is 0.309 e. The molecule has 220 valence electrons. The molecule has 2 heteroatoms. The number of hydrogen-bond acceptors (Lipinski definition) is 1. The van der Waals surface area contributed by atoms with E-state index in [1.165, 1.54) is 49.7 Å². The molecule has 1 aromatic carbocycles. The van der Waals surface area contributed by atoms with Crippen LogP contribution < -0.4 is 0 Å². The SMILES string of the molecule is C=CC.CCCc1ccccc1C1=CCC2(C)C(CCC3(C)C4CCC5(C(=O)O)CCCC5C4CCC32)C1(C)C. The Kier molecular flexibility index (Phi) is 7.99. The standard InChI is InChI=1S/C35H50O2.C3H6/c1-6-10-23-11-7-8-12-24(23)26-16-20-34(5)29(32(26,2)3)18-21-33(4)27-17-22-35(31(36)37)19-9-13-28(35)25(27)14-15-30(33)34;1-3-2/h7-8,11-12,16,25,27-30H,6,9-10,13-15,17-22H2,1-5H3,(H,36,37);3H,1H2,2H3. The van der Waals surface area contributed by atoms with Gasteiger partial charge in [-0.05, 0) is 134 Å². The summed E-state index contributed by atoms with van der Waals surface area (Å²) in [5.41, 5.74) is 5.10. The van der Waals surface area contributed by atoms with Gasteiger partial charge in [0.15, 0.2) is 0 Å². The molecule has 4 saturated carbocycles. The predicted octanol–water partition coefficient (Wildman–Crippen LogP) is 10.4. The van der Waals surface area contributed by atoms with Gasteiger partial charge in [0.25, 0.3) is 0 Å². The first kappa shape index (κ1) is 29.7. The van der Waals surface area contributed by atoms with Crippen LogP contribution in [0.1, 0.15) is 123 Å². The fourth-order valence-corrected chi connectivity index (χ4v) is 11.9. The summed E-state index contributed by atoms with van der Waals surface area (Å²) in [4.78, 5) is 12.5. The molecule has 2 nitrogen and oxygen atoms in total. The Morgan fingerprint density at radius 3 is 2.38 bits per heavy atom. The van der Waals surface area contributed by atoms with Gasteiger partial charge < -0.3 is 5.11 Å². The lowest BCUT2D eigenvalue weighted by atomic mass is 9.36. The van der Waals surface area contributed by atoms with Crippen LogP contribution in [0.25, 0.3) is 5.57 Å². The molecule has 5 aliphatic carbocycles. The van der Waals surface area contributed by atoms with Crippen molar-refractivity contribution in [3.63, 3.8) is 0 Å². The molecule has 1 N–H and O–H groups in total. The van der Waals surface area contributed by atoms with Gasteiger partial charge in [0.1, 0.15) is 0 Å². The van der Waals surface area contributed by atoms with Crippen LogP contribution in [0.4, 0.5) is 0 Å². The van der Waals surface area contributed by atoms with E-state index < -0.39 is 11.4 Å². The van der Waals surface area contributed by atoms with Crippen LogP contribution in [0, 0.1) is 51.2 Å². The Labute approximate surface area is 245 Å². The maximum absolute atomic E-state index is 12.5. The van der Waals surface area contributed by atoms with Gasteiger partial charge in [-0.3, -0.25) is 4.79 Å². The van der Waals surface area contributed by atoms with Crippen molar-refractivity contribution in [1.29, 1.82) is 0 Å². The number of benzene rings is 1. The molecule has 6 rings (SSSR count). The predicted molar refractivity (Wildman–Crippen MR) is 168 cm³/mol. The number of aliphatic carboxylic acids is 1. The van der Waals surface area contributed by atoms with E-state index >= 15 is 0 Å². The number of aryl methyl sites for hydroxylation is 1. The minimum Gasteiger partial charge on any atom is -0.481 e. The molecule has 8 atom stereocenters. The Bertz CT molecular complexity index is 1140. The number of rotatable bonds is 4. The quantitative estimate of drug-likeness (QED) is 0.383. The van der Waals surface area contributed by atoms with Crippen LogP contribution in [0.15, 0.2) is 43.0 Å². The first-order valence-electron chi connectivity index (χ1n) is 16.6. The zero-order chi connectivity index (χ0) is 28.9. The third-order valence-corrected chi connectivity index (χ3v) is 13.3. The summed E-state index contributed by atoms with van der Waals surface area (Å²) in [7, 11) is 0. The Morgan fingerprint density at radius 1 is 0.950 bits per heavy atom. The first-order chi connectivity index (χ1) is 19.0. The summed E-state index contributed by atoms with van der Waals surface area (Å²) >= 11 is 0. The third-order valence-electron chi connectivity index (χ3n) is 13.3. The van der Waals surface area contributed by atoms with Gasteiger partial charge in [0, 0.05) is 0 Å². The molecule has 0 radical (unpaired) electrons. The summed E-state index contributed by atoms with van der Waals surface area (Å²) < 4.78 is 0. The van der Waals surface area contributed by atoms with Gasteiger partial charge >= 0.3 is 5.97 Å². The van der Waals surface area contributed by atoms with E-state index in [1.54, 1.807) is 11.6 Å². The van der Waals surface area contributed by atoms with Crippen molar-refractivity contribution >= 4 is 11.5 Å². The summed E-state index contributed by atoms with van der Waals surface area (Å²) in [6.07, 6.45) is 18.5. The van der Waals surface area contributed by atoms with E-state index in [-0.39, 0.29) is 5.41 Å². The second kappa shape index (κ2) is 10.8. The largest absolute Gasteiger partial charge is 0.481 e. The van der Waals surface area contributed by atoms with Crippen LogP contribution >= 0.6 is 0 Å². The Balaban J connectivity index is 0.00000103. The van der Waals surface area contributed by atoms with Gasteiger partial charge in [-0.15, -0.1) is 6.58 Å². The number of carboxylic acids is 1.